The van der Waals surface area contributed by atoms with Crippen LogP contribution in [0, 0.1) is 6.92 Å². The van der Waals surface area contributed by atoms with Gasteiger partial charge in [0.25, 0.3) is 5.82 Å². The summed E-state index contributed by atoms with van der Waals surface area (Å²) in [5.41, 5.74) is 3.16. The largest absolute Gasteiger partial charge is 1.00 e. The van der Waals surface area contributed by atoms with Gasteiger partial charge in [0.1, 0.15) is 5.75 Å². The average Bonchev–Trinajstić information content (AvgIpc) is 3.08. The number of unbranched alkanes of at least 4 members (excludes halogenated alkanes) is 7. The van der Waals surface area contributed by atoms with Crippen molar-refractivity contribution in [3.05, 3.63) is 59.9 Å². The lowest BCUT2D eigenvalue weighted by atomic mass is 10.1. The summed E-state index contributed by atoms with van der Waals surface area (Å²) in [4.78, 5) is 12.7. The van der Waals surface area contributed by atoms with E-state index in [1.165, 1.54) is 38.5 Å². The van der Waals surface area contributed by atoms with Crippen molar-refractivity contribution >= 4 is 17.0 Å². The van der Waals surface area contributed by atoms with E-state index in [0.29, 0.717) is 13.2 Å². The van der Waals surface area contributed by atoms with E-state index < -0.39 is 0 Å². The number of imidazole rings is 1. The van der Waals surface area contributed by atoms with Gasteiger partial charge in [-0.05, 0) is 37.1 Å². The molecule has 34 heavy (non-hydrogen) atoms. The topological polar surface area (TPSA) is 44.3 Å². The Kier molecular flexibility index (Phi) is 12.0. The van der Waals surface area contributed by atoms with Gasteiger partial charge in [-0.15, -0.1) is 0 Å². The molecular formula is C28H39ClN2O3. The Morgan fingerprint density at radius 2 is 1.56 bits per heavy atom. The van der Waals surface area contributed by atoms with Gasteiger partial charge in [0, 0.05) is 0 Å². The van der Waals surface area contributed by atoms with Crippen molar-refractivity contribution < 1.29 is 31.2 Å². The van der Waals surface area contributed by atoms with Gasteiger partial charge in [0.2, 0.25) is 0 Å². The zero-order chi connectivity index (χ0) is 23.5. The van der Waals surface area contributed by atoms with Crippen LogP contribution in [0.1, 0.15) is 69.7 Å². The molecule has 0 N–H and O–H groups in total. The Bertz CT molecular complexity index is 1030. The first-order valence-electron chi connectivity index (χ1n) is 12.4. The fraction of sp³-hybridized carbons (Fsp3) is 0.500. The molecule has 1 aromatic heterocycles. The van der Waals surface area contributed by atoms with E-state index in [4.69, 9.17) is 9.47 Å². The highest BCUT2D eigenvalue weighted by Crippen LogP contribution is 2.20. The smallest absolute Gasteiger partial charge is 0.348 e. The molecule has 2 aromatic carbocycles. The molecule has 5 nitrogen and oxygen atoms in total. The summed E-state index contributed by atoms with van der Waals surface area (Å²) in [6.07, 6.45) is 9.83. The summed E-state index contributed by atoms with van der Waals surface area (Å²) in [7, 11) is 2.02. The SMILES string of the molecule is CCCCCCCCCCOC(=O)Cn1c(COc2ccccc2C)[n+](C)c2ccccc21.[Cl-]. The third kappa shape index (κ3) is 7.76. The summed E-state index contributed by atoms with van der Waals surface area (Å²) >= 11 is 0. The quantitative estimate of drug-likeness (QED) is 0.200. The Labute approximate surface area is 210 Å². The number of nitrogens with zero attached hydrogens (tertiary/aromatic N) is 2. The lowest BCUT2D eigenvalue weighted by molar-refractivity contribution is -0.655. The second kappa shape index (κ2) is 14.7. The number of ether oxygens (including phenoxy) is 2. The highest BCUT2D eigenvalue weighted by Gasteiger charge is 2.25. The maximum Gasteiger partial charge on any atom is 0.348 e. The monoisotopic (exact) mass is 486 g/mol. The summed E-state index contributed by atoms with van der Waals surface area (Å²) in [5, 5.41) is 0. The number of aromatic nitrogens is 2. The normalized spacial score (nSPS) is 10.8. The molecule has 0 aliphatic rings. The van der Waals surface area contributed by atoms with Crippen molar-refractivity contribution in [2.75, 3.05) is 6.61 Å². The molecule has 0 aliphatic carbocycles. The van der Waals surface area contributed by atoms with Crippen LogP contribution in [0.25, 0.3) is 11.0 Å². The van der Waals surface area contributed by atoms with Gasteiger partial charge >= 0.3 is 5.97 Å². The first kappa shape index (κ1) is 27.7. The fourth-order valence-corrected chi connectivity index (χ4v) is 4.24. The summed E-state index contributed by atoms with van der Waals surface area (Å²) < 4.78 is 15.8. The molecular weight excluding hydrogens is 448 g/mol. The number of carbonyl (C=O) groups is 1. The van der Waals surface area contributed by atoms with Gasteiger partial charge in [0.05, 0.1) is 13.7 Å². The number of rotatable bonds is 14. The number of halogens is 1. The number of para-hydroxylation sites is 3. The van der Waals surface area contributed by atoms with Crippen LogP contribution in [0.15, 0.2) is 48.5 Å². The molecule has 0 saturated heterocycles. The number of hydrogen-bond acceptors (Lipinski definition) is 3. The highest BCUT2D eigenvalue weighted by atomic mass is 35.5. The van der Waals surface area contributed by atoms with E-state index in [9.17, 15) is 4.79 Å². The van der Waals surface area contributed by atoms with Crippen LogP contribution in [0.3, 0.4) is 0 Å². The molecule has 0 bridgehead atoms. The second-order valence-corrected chi connectivity index (χ2v) is 8.80. The molecule has 0 amide bonds. The van der Waals surface area contributed by atoms with Crippen LogP contribution in [0.2, 0.25) is 0 Å². The summed E-state index contributed by atoms with van der Waals surface area (Å²) in [5.74, 6) is 1.59. The number of hydrogen-bond donors (Lipinski definition) is 0. The number of esters is 1. The predicted molar refractivity (Wildman–Crippen MR) is 132 cm³/mol. The third-order valence-corrected chi connectivity index (χ3v) is 6.23. The molecule has 0 saturated carbocycles. The van der Waals surface area contributed by atoms with Crippen molar-refractivity contribution in [3.8, 4) is 5.75 Å². The van der Waals surface area contributed by atoms with E-state index in [1.807, 2.05) is 61.0 Å². The summed E-state index contributed by atoms with van der Waals surface area (Å²) in [6, 6.07) is 16.1. The minimum Gasteiger partial charge on any atom is -1.00 e. The minimum absolute atomic E-state index is 0. The van der Waals surface area contributed by atoms with Crippen molar-refractivity contribution in [2.45, 2.75) is 78.4 Å². The molecule has 1 heterocycles. The zero-order valence-corrected chi connectivity index (χ0v) is 21.7. The first-order valence-corrected chi connectivity index (χ1v) is 12.4. The van der Waals surface area contributed by atoms with E-state index in [0.717, 1.165) is 41.0 Å². The molecule has 186 valence electrons. The van der Waals surface area contributed by atoms with E-state index >= 15 is 0 Å². The number of benzene rings is 2. The Balaban J connectivity index is 0.00000408. The van der Waals surface area contributed by atoms with Gasteiger partial charge in [-0.1, -0.05) is 82.2 Å². The van der Waals surface area contributed by atoms with Gasteiger partial charge in [-0.3, -0.25) is 0 Å². The lowest BCUT2D eigenvalue weighted by Crippen LogP contribution is -3.00. The maximum atomic E-state index is 12.7. The first-order chi connectivity index (χ1) is 16.1. The van der Waals surface area contributed by atoms with Crippen molar-refractivity contribution in [3.63, 3.8) is 0 Å². The van der Waals surface area contributed by atoms with Crippen LogP contribution in [0.5, 0.6) is 5.75 Å². The maximum absolute atomic E-state index is 12.7. The van der Waals surface area contributed by atoms with Crippen LogP contribution in [-0.4, -0.2) is 17.1 Å². The predicted octanol–water partition coefficient (Wildman–Crippen LogP) is 3.04. The van der Waals surface area contributed by atoms with Gasteiger partial charge in [-0.25, -0.2) is 13.9 Å². The van der Waals surface area contributed by atoms with Crippen LogP contribution in [0.4, 0.5) is 0 Å². The van der Waals surface area contributed by atoms with Crippen molar-refractivity contribution in [2.24, 2.45) is 7.05 Å². The number of aryl methyl sites for hydroxylation is 2. The standard InChI is InChI=1S/C28H39N2O3.ClH/c1-4-5-6-7-8-9-10-15-20-32-28(31)21-30-25-18-13-12-17-24(25)29(3)27(30)22-33-26-19-14-11-16-23(26)2;/h11-14,16-19H,4-10,15,20-22H2,1-3H3;1H/q+1;/p-1. The highest BCUT2D eigenvalue weighted by molar-refractivity contribution is 5.76. The van der Waals surface area contributed by atoms with E-state index in [2.05, 4.69) is 17.6 Å². The molecule has 0 radical (unpaired) electrons. The molecule has 0 fully saturated rings. The minimum atomic E-state index is -0.198. The Morgan fingerprint density at radius 1 is 0.912 bits per heavy atom. The molecule has 0 atom stereocenters. The van der Waals surface area contributed by atoms with Crippen molar-refractivity contribution in [1.29, 1.82) is 0 Å². The van der Waals surface area contributed by atoms with Gasteiger partial charge < -0.3 is 21.9 Å². The van der Waals surface area contributed by atoms with Crippen LogP contribution in [-0.2, 0) is 29.7 Å². The van der Waals surface area contributed by atoms with E-state index in [-0.39, 0.29) is 24.9 Å². The molecule has 0 spiro atoms. The Hall–Kier alpha value is -2.53. The molecule has 6 heteroatoms. The number of carbonyl (C=O) groups excluding carboxylic acids is 1. The van der Waals surface area contributed by atoms with Crippen molar-refractivity contribution in [1.82, 2.24) is 4.57 Å². The summed E-state index contributed by atoms with van der Waals surface area (Å²) in [6.45, 7) is 5.33. The van der Waals surface area contributed by atoms with Gasteiger partial charge in [0.15, 0.2) is 24.2 Å². The second-order valence-electron chi connectivity index (χ2n) is 8.80. The third-order valence-electron chi connectivity index (χ3n) is 6.23. The molecule has 3 rings (SSSR count). The van der Waals surface area contributed by atoms with Crippen LogP contribution < -0.4 is 21.7 Å². The number of fused-ring (bicyclic) bond motifs is 1. The van der Waals surface area contributed by atoms with E-state index in [1.54, 1.807) is 0 Å². The Morgan fingerprint density at radius 3 is 2.29 bits per heavy atom. The lowest BCUT2D eigenvalue weighted by Gasteiger charge is -2.09. The molecule has 0 aliphatic heterocycles. The van der Waals surface area contributed by atoms with Crippen LogP contribution >= 0.6 is 0 Å². The average molecular weight is 487 g/mol. The fourth-order valence-electron chi connectivity index (χ4n) is 4.24. The molecule has 0 unspecified atom stereocenters. The molecule has 3 aromatic rings. The van der Waals surface area contributed by atoms with Gasteiger partial charge in [-0.2, -0.15) is 0 Å². The zero-order valence-electron chi connectivity index (χ0n) is 20.9.